The van der Waals surface area contributed by atoms with Gasteiger partial charge in [-0.1, -0.05) is 6.07 Å². The second kappa shape index (κ2) is 5.30. The molecule has 1 aromatic rings. The molecular weight excluding hydrogens is 284 g/mol. The molecule has 120 valence electrons. The molecule has 0 aliphatic carbocycles. The van der Waals surface area contributed by atoms with Crippen LogP contribution in [0.4, 0.5) is 0 Å². The first-order valence-electron chi connectivity index (χ1n) is 7.14. The Labute approximate surface area is 130 Å². The summed E-state index contributed by atoms with van der Waals surface area (Å²) in [6.07, 6.45) is -0.652. The molecule has 1 atom stereocenters. The van der Waals surface area contributed by atoms with Crippen LogP contribution in [0, 0.1) is 10.8 Å². The lowest BCUT2D eigenvalue weighted by Gasteiger charge is -2.43. The van der Waals surface area contributed by atoms with Crippen LogP contribution in [-0.2, 0) is 14.3 Å². The molecule has 0 radical (unpaired) electrons. The van der Waals surface area contributed by atoms with Crippen LogP contribution in [0.1, 0.15) is 39.4 Å². The standard InChI is InChI=1S/C17H22O5/c1-16(2)13(22-15(19)17(3,4)14(16)18)10-7-8-11(20-5)12(9-10)21-6/h7-9,13H,1-6H3/t13-/m1/s1. The first-order valence-corrected chi connectivity index (χ1v) is 7.14. The molecular formula is C17H22O5. The molecule has 1 fully saturated rings. The molecule has 1 heterocycles. The highest BCUT2D eigenvalue weighted by Crippen LogP contribution is 2.48. The van der Waals surface area contributed by atoms with E-state index in [1.807, 2.05) is 0 Å². The van der Waals surface area contributed by atoms with Crippen molar-refractivity contribution in [1.82, 2.24) is 0 Å². The van der Waals surface area contributed by atoms with Gasteiger partial charge in [-0.05, 0) is 45.4 Å². The summed E-state index contributed by atoms with van der Waals surface area (Å²) in [5.41, 5.74) is -1.24. The van der Waals surface area contributed by atoms with Crippen molar-refractivity contribution in [2.24, 2.45) is 10.8 Å². The minimum Gasteiger partial charge on any atom is -0.493 e. The fourth-order valence-electron chi connectivity index (χ4n) is 2.92. The number of hydrogen-bond acceptors (Lipinski definition) is 5. The van der Waals surface area contributed by atoms with Crippen molar-refractivity contribution in [2.45, 2.75) is 33.8 Å². The van der Waals surface area contributed by atoms with Gasteiger partial charge >= 0.3 is 5.97 Å². The average molecular weight is 306 g/mol. The van der Waals surface area contributed by atoms with Gasteiger partial charge in [-0.25, -0.2) is 0 Å². The van der Waals surface area contributed by atoms with Crippen LogP contribution in [0.5, 0.6) is 11.5 Å². The largest absolute Gasteiger partial charge is 0.493 e. The topological polar surface area (TPSA) is 61.8 Å². The third kappa shape index (κ3) is 2.34. The predicted octanol–water partition coefficient (Wildman–Crippen LogP) is 2.92. The molecule has 0 aromatic heterocycles. The lowest BCUT2D eigenvalue weighted by molar-refractivity contribution is -0.186. The maximum absolute atomic E-state index is 12.7. The molecule has 22 heavy (non-hydrogen) atoms. The molecule has 0 saturated carbocycles. The summed E-state index contributed by atoms with van der Waals surface area (Å²) in [6.45, 7) is 6.80. The highest BCUT2D eigenvalue weighted by molar-refractivity contribution is 6.07. The van der Waals surface area contributed by atoms with Crippen molar-refractivity contribution in [3.05, 3.63) is 23.8 Å². The number of benzene rings is 1. The van der Waals surface area contributed by atoms with Crippen LogP contribution in [0.25, 0.3) is 0 Å². The number of ether oxygens (including phenoxy) is 3. The number of ketones is 1. The van der Waals surface area contributed by atoms with Crippen molar-refractivity contribution in [3.8, 4) is 11.5 Å². The van der Waals surface area contributed by atoms with Crippen molar-refractivity contribution >= 4 is 11.8 Å². The fraction of sp³-hybridized carbons (Fsp3) is 0.529. The van der Waals surface area contributed by atoms with E-state index in [4.69, 9.17) is 14.2 Å². The molecule has 1 aliphatic rings. The zero-order chi connectivity index (χ0) is 16.7. The molecule has 5 heteroatoms. The fourth-order valence-corrected chi connectivity index (χ4v) is 2.92. The number of Topliss-reactive ketones (excluding diaryl/α,β-unsaturated/α-hetero) is 1. The molecule has 1 aliphatic heterocycles. The number of cyclic esters (lactones) is 1. The summed E-state index contributed by atoms with van der Waals surface area (Å²) in [4.78, 5) is 24.9. The van der Waals surface area contributed by atoms with Crippen molar-refractivity contribution in [1.29, 1.82) is 0 Å². The molecule has 0 spiro atoms. The van der Waals surface area contributed by atoms with Gasteiger partial charge in [-0.3, -0.25) is 9.59 Å². The second-order valence-corrected chi connectivity index (χ2v) is 6.58. The Morgan fingerprint density at radius 1 is 1.00 bits per heavy atom. The van der Waals surface area contributed by atoms with Gasteiger partial charge in [0, 0.05) is 0 Å². The maximum atomic E-state index is 12.7. The number of esters is 1. The van der Waals surface area contributed by atoms with Crippen LogP contribution in [0.15, 0.2) is 18.2 Å². The van der Waals surface area contributed by atoms with E-state index >= 15 is 0 Å². The number of hydrogen-bond donors (Lipinski definition) is 0. The van der Waals surface area contributed by atoms with Crippen molar-refractivity contribution in [3.63, 3.8) is 0 Å². The molecule has 0 N–H and O–H groups in total. The van der Waals surface area contributed by atoms with Crippen LogP contribution >= 0.6 is 0 Å². The molecule has 2 rings (SSSR count). The third-order valence-corrected chi connectivity index (χ3v) is 4.25. The van der Waals surface area contributed by atoms with Crippen molar-refractivity contribution in [2.75, 3.05) is 14.2 Å². The van der Waals surface area contributed by atoms with Crippen LogP contribution < -0.4 is 9.47 Å². The number of methoxy groups -OCH3 is 2. The zero-order valence-electron chi connectivity index (χ0n) is 13.9. The quantitative estimate of drug-likeness (QED) is 0.634. The number of carbonyl (C=O) groups is 2. The number of carbonyl (C=O) groups excluding carboxylic acids is 2. The van der Waals surface area contributed by atoms with Gasteiger partial charge in [-0.2, -0.15) is 0 Å². The highest BCUT2D eigenvalue weighted by Gasteiger charge is 2.55. The monoisotopic (exact) mass is 306 g/mol. The Bertz CT molecular complexity index is 615. The van der Waals surface area contributed by atoms with Gasteiger partial charge in [0.15, 0.2) is 17.3 Å². The van der Waals surface area contributed by atoms with Gasteiger partial charge in [0.25, 0.3) is 0 Å². The second-order valence-electron chi connectivity index (χ2n) is 6.58. The summed E-state index contributed by atoms with van der Waals surface area (Å²) in [6, 6.07) is 5.26. The summed E-state index contributed by atoms with van der Waals surface area (Å²) < 4.78 is 16.1. The average Bonchev–Trinajstić information content (AvgIpc) is 2.49. The lowest BCUT2D eigenvalue weighted by Crippen LogP contribution is -2.52. The SMILES string of the molecule is COc1ccc([C@H]2OC(=O)C(C)(C)C(=O)C2(C)C)cc1OC. The van der Waals surface area contributed by atoms with E-state index in [-0.39, 0.29) is 5.78 Å². The van der Waals surface area contributed by atoms with E-state index in [0.717, 1.165) is 0 Å². The Morgan fingerprint density at radius 3 is 2.14 bits per heavy atom. The summed E-state index contributed by atoms with van der Waals surface area (Å²) in [7, 11) is 3.09. The summed E-state index contributed by atoms with van der Waals surface area (Å²) in [5, 5.41) is 0. The Hall–Kier alpha value is -2.04. The minimum atomic E-state index is -1.13. The minimum absolute atomic E-state index is 0.129. The normalized spacial score (nSPS) is 22.9. The molecule has 5 nitrogen and oxygen atoms in total. The van der Waals surface area contributed by atoms with E-state index < -0.39 is 22.9 Å². The molecule has 0 bridgehead atoms. The van der Waals surface area contributed by atoms with E-state index in [1.54, 1.807) is 53.0 Å². The van der Waals surface area contributed by atoms with E-state index in [9.17, 15) is 9.59 Å². The molecule has 0 amide bonds. The summed E-state index contributed by atoms with van der Waals surface area (Å²) >= 11 is 0. The maximum Gasteiger partial charge on any atom is 0.319 e. The van der Waals surface area contributed by atoms with E-state index in [1.165, 1.54) is 7.11 Å². The molecule has 1 saturated heterocycles. The summed E-state index contributed by atoms with van der Waals surface area (Å²) in [5.74, 6) is 0.481. The van der Waals surface area contributed by atoms with Crippen LogP contribution in [-0.4, -0.2) is 26.0 Å². The smallest absolute Gasteiger partial charge is 0.319 e. The van der Waals surface area contributed by atoms with Crippen LogP contribution in [0.2, 0.25) is 0 Å². The van der Waals surface area contributed by atoms with Crippen LogP contribution in [0.3, 0.4) is 0 Å². The van der Waals surface area contributed by atoms with Gasteiger partial charge in [-0.15, -0.1) is 0 Å². The van der Waals surface area contributed by atoms with Gasteiger partial charge in [0.2, 0.25) is 0 Å². The first kappa shape index (κ1) is 16.3. The van der Waals surface area contributed by atoms with E-state index in [0.29, 0.717) is 17.1 Å². The third-order valence-electron chi connectivity index (χ3n) is 4.25. The molecule has 1 aromatic carbocycles. The Balaban J connectivity index is 2.48. The van der Waals surface area contributed by atoms with E-state index in [2.05, 4.69) is 0 Å². The van der Waals surface area contributed by atoms with Crippen molar-refractivity contribution < 1.29 is 23.8 Å². The predicted molar refractivity (Wildman–Crippen MR) is 80.9 cm³/mol. The molecule has 0 unspecified atom stereocenters. The van der Waals surface area contributed by atoms with Gasteiger partial charge in [0.1, 0.15) is 11.5 Å². The Kier molecular flexibility index (Phi) is 3.94. The lowest BCUT2D eigenvalue weighted by atomic mass is 9.67. The van der Waals surface area contributed by atoms with Gasteiger partial charge in [0.05, 0.1) is 19.6 Å². The first-order chi connectivity index (χ1) is 10.2. The Morgan fingerprint density at radius 2 is 1.59 bits per heavy atom. The highest BCUT2D eigenvalue weighted by atomic mass is 16.6. The zero-order valence-corrected chi connectivity index (χ0v) is 13.9. The number of rotatable bonds is 3. The van der Waals surface area contributed by atoms with Gasteiger partial charge < -0.3 is 14.2 Å².